The number of esters is 1. The summed E-state index contributed by atoms with van der Waals surface area (Å²) in [6.45, 7) is 5.86. The molecule has 18 heavy (non-hydrogen) atoms. The van der Waals surface area contributed by atoms with Crippen molar-refractivity contribution in [2.45, 2.75) is 33.3 Å². The van der Waals surface area contributed by atoms with Gasteiger partial charge in [0.15, 0.2) is 0 Å². The highest BCUT2D eigenvalue weighted by Gasteiger charge is 2.21. The zero-order valence-electron chi connectivity index (χ0n) is 10.8. The first-order valence-electron chi connectivity index (χ1n) is 6.00. The molecule has 4 nitrogen and oxygen atoms in total. The molecule has 0 spiro atoms. The third kappa shape index (κ3) is 3.32. The Balaban J connectivity index is 2.94. The number of benzene rings is 1. The van der Waals surface area contributed by atoms with Crippen LogP contribution in [-0.4, -0.2) is 23.1 Å². The summed E-state index contributed by atoms with van der Waals surface area (Å²) in [6.07, 6.45) is 0.512. The first kappa shape index (κ1) is 14.2. The van der Waals surface area contributed by atoms with E-state index in [9.17, 15) is 9.59 Å². The molecule has 1 aromatic carbocycles. The molecular formula is C14H18O4. The van der Waals surface area contributed by atoms with Crippen LogP contribution in [0.4, 0.5) is 0 Å². The third-order valence-electron chi connectivity index (χ3n) is 2.78. The van der Waals surface area contributed by atoms with Crippen LogP contribution in [0, 0.1) is 5.92 Å². The molecule has 1 atom stereocenters. The second-order valence-corrected chi connectivity index (χ2v) is 4.45. The Bertz CT molecular complexity index is 437. The van der Waals surface area contributed by atoms with E-state index in [1.54, 1.807) is 12.1 Å². The van der Waals surface area contributed by atoms with Crippen LogP contribution in [0.5, 0.6) is 0 Å². The molecule has 1 rings (SSSR count). The second kappa shape index (κ2) is 6.19. The number of hydrogen-bond donors (Lipinski definition) is 1. The largest absolute Gasteiger partial charge is 0.478 e. The summed E-state index contributed by atoms with van der Waals surface area (Å²) in [5.74, 6) is -1.50. The van der Waals surface area contributed by atoms with E-state index in [0.29, 0.717) is 6.42 Å². The maximum absolute atomic E-state index is 12.0. The molecule has 0 bridgehead atoms. The summed E-state index contributed by atoms with van der Waals surface area (Å²) in [7, 11) is 0. The third-order valence-corrected chi connectivity index (χ3v) is 2.78. The Morgan fingerprint density at radius 1 is 1.22 bits per heavy atom. The lowest BCUT2D eigenvalue weighted by Crippen LogP contribution is -2.24. The Kier molecular flexibility index (Phi) is 4.89. The molecule has 1 N–H and O–H groups in total. The number of carboxylic acid groups (broad SMARTS) is 1. The SMILES string of the molecule is CC[C@H](OC(=O)c1ccccc1C(=O)O)C(C)C. The lowest BCUT2D eigenvalue weighted by molar-refractivity contribution is 0.0169. The molecule has 0 fully saturated rings. The number of ether oxygens (including phenoxy) is 1. The van der Waals surface area contributed by atoms with E-state index >= 15 is 0 Å². The van der Waals surface area contributed by atoms with Gasteiger partial charge in [-0.15, -0.1) is 0 Å². The Hall–Kier alpha value is -1.84. The summed E-state index contributed by atoms with van der Waals surface area (Å²) in [6, 6.07) is 6.08. The molecule has 98 valence electrons. The van der Waals surface area contributed by atoms with E-state index in [2.05, 4.69) is 0 Å². The van der Waals surface area contributed by atoms with E-state index in [1.807, 2.05) is 20.8 Å². The molecule has 0 aliphatic rings. The summed E-state index contributed by atoms with van der Waals surface area (Å²) in [5, 5.41) is 9.01. The molecule has 0 amide bonds. The molecule has 0 saturated heterocycles. The van der Waals surface area contributed by atoms with Crippen molar-refractivity contribution in [3.05, 3.63) is 35.4 Å². The summed E-state index contributed by atoms with van der Waals surface area (Å²) >= 11 is 0. The van der Waals surface area contributed by atoms with E-state index in [-0.39, 0.29) is 23.1 Å². The first-order chi connectivity index (χ1) is 8.47. The second-order valence-electron chi connectivity index (χ2n) is 4.45. The van der Waals surface area contributed by atoms with Gasteiger partial charge in [0.2, 0.25) is 0 Å². The van der Waals surface area contributed by atoms with Crippen molar-refractivity contribution in [1.29, 1.82) is 0 Å². The standard InChI is InChI=1S/C14H18O4/c1-4-12(9(2)3)18-14(17)11-8-6-5-7-10(11)13(15)16/h5-9,12H,4H2,1-3H3,(H,15,16)/t12-/m0/s1. The minimum atomic E-state index is -1.12. The van der Waals surface area contributed by atoms with Crippen LogP contribution in [0.25, 0.3) is 0 Å². The van der Waals surface area contributed by atoms with E-state index < -0.39 is 11.9 Å². The topological polar surface area (TPSA) is 63.6 Å². The number of rotatable bonds is 5. The van der Waals surface area contributed by atoms with Gasteiger partial charge in [-0.2, -0.15) is 0 Å². The monoisotopic (exact) mass is 250 g/mol. The van der Waals surface area contributed by atoms with Crippen LogP contribution in [0.15, 0.2) is 24.3 Å². The van der Waals surface area contributed by atoms with Crippen molar-refractivity contribution in [2.75, 3.05) is 0 Å². The highest BCUT2D eigenvalue weighted by atomic mass is 16.5. The molecule has 0 unspecified atom stereocenters. The number of carboxylic acids is 1. The molecule has 4 heteroatoms. The fraction of sp³-hybridized carbons (Fsp3) is 0.429. The van der Waals surface area contributed by atoms with E-state index in [1.165, 1.54) is 12.1 Å². The summed E-state index contributed by atoms with van der Waals surface area (Å²) in [5.41, 5.74) is 0.0743. The highest BCUT2D eigenvalue weighted by Crippen LogP contribution is 2.16. The van der Waals surface area contributed by atoms with Gasteiger partial charge in [-0.3, -0.25) is 0 Å². The molecule has 0 aromatic heterocycles. The smallest absolute Gasteiger partial charge is 0.339 e. The average Bonchev–Trinajstić information content (AvgIpc) is 2.35. The van der Waals surface area contributed by atoms with E-state index in [4.69, 9.17) is 9.84 Å². The zero-order chi connectivity index (χ0) is 13.7. The van der Waals surface area contributed by atoms with Crippen molar-refractivity contribution in [3.63, 3.8) is 0 Å². The lowest BCUT2D eigenvalue weighted by Gasteiger charge is -2.20. The summed E-state index contributed by atoms with van der Waals surface area (Å²) < 4.78 is 5.34. The first-order valence-corrected chi connectivity index (χ1v) is 6.00. The Morgan fingerprint density at radius 2 is 1.78 bits per heavy atom. The van der Waals surface area contributed by atoms with Crippen molar-refractivity contribution in [2.24, 2.45) is 5.92 Å². The molecule has 0 saturated carbocycles. The molecule has 0 aliphatic heterocycles. The van der Waals surface area contributed by atoms with Crippen molar-refractivity contribution in [3.8, 4) is 0 Å². The van der Waals surface area contributed by atoms with Gasteiger partial charge in [-0.05, 0) is 24.5 Å². The molecule has 0 heterocycles. The van der Waals surface area contributed by atoms with Gasteiger partial charge >= 0.3 is 11.9 Å². The lowest BCUT2D eigenvalue weighted by atomic mass is 10.0. The predicted octanol–water partition coefficient (Wildman–Crippen LogP) is 2.98. The number of carbonyl (C=O) groups is 2. The van der Waals surface area contributed by atoms with Gasteiger partial charge in [0.1, 0.15) is 6.10 Å². The van der Waals surface area contributed by atoms with Gasteiger partial charge < -0.3 is 9.84 Å². The van der Waals surface area contributed by atoms with Crippen molar-refractivity contribution in [1.82, 2.24) is 0 Å². The minimum Gasteiger partial charge on any atom is -0.478 e. The van der Waals surface area contributed by atoms with Crippen LogP contribution in [-0.2, 0) is 4.74 Å². The normalized spacial score (nSPS) is 12.2. The van der Waals surface area contributed by atoms with Gasteiger partial charge in [0.25, 0.3) is 0 Å². The van der Waals surface area contributed by atoms with Gasteiger partial charge in [-0.1, -0.05) is 32.9 Å². The van der Waals surface area contributed by atoms with Crippen LogP contribution >= 0.6 is 0 Å². The average molecular weight is 250 g/mol. The Morgan fingerprint density at radius 3 is 2.22 bits per heavy atom. The fourth-order valence-electron chi connectivity index (χ4n) is 1.74. The zero-order valence-corrected chi connectivity index (χ0v) is 10.8. The number of carbonyl (C=O) groups excluding carboxylic acids is 1. The molecule has 1 aromatic rings. The predicted molar refractivity (Wildman–Crippen MR) is 67.7 cm³/mol. The van der Waals surface area contributed by atoms with Crippen molar-refractivity contribution < 1.29 is 19.4 Å². The maximum atomic E-state index is 12.0. The van der Waals surface area contributed by atoms with Gasteiger partial charge in [0, 0.05) is 0 Å². The minimum absolute atomic E-state index is 0.0268. The van der Waals surface area contributed by atoms with E-state index in [0.717, 1.165) is 0 Å². The van der Waals surface area contributed by atoms with Crippen LogP contribution in [0.3, 0.4) is 0 Å². The molecule has 0 radical (unpaired) electrons. The summed E-state index contributed by atoms with van der Waals surface area (Å²) in [4.78, 5) is 23.0. The maximum Gasteiger partial charge on any atom is 0.339 e. The highest BCUT2D eigenvalue weighted by molar-refractivity contribution is 6.02. The number of aromatic carboxylic acids is 1. The van der Waals surface area contributed by atoms with Gasteiger partial charge in [0.05, 0.1) is 11.1 Å². The molecular weight excluding hydrogens is 232 g/mol. The quantitative estimate of drug-likeness (QED) is 0.816. The van der Waals surface area contributed by atoms with Crippen LogP contribution in [0.2, 0.25) is 0 Å². The van der Waals surface area contributed by atoms with Gasteiger partial charge in [-0.25, -0.2) is 9.59 Å². The number of hydrogen-bond acceptors (Lipinski definition) is 3. The van der Waals surface area contributed by atoms with Crippen LogP contribution in [0.1, 0.15) is 47.9 Å². The molecule has 0 aliphatic carbocycles. The van der Waals surface area contributed by atoms with Crippen molar-refractivity contribution >= 4 is 11.9 Å². The fourth-order valence-corrected chi connectivity index (χ4v) is 1.74. The Labute approximate surface area is 107 Å². The van der Waals surface area contributed by atoms with Crippen LogP contribution < -0.4 is 0 Å².